The second kappa shape index (κ2) is 8.46. The molecule has 1 aliphatic rings. The molecule has 1 saturated carbocycles. The molecule has 2 heterocycles. The first-order chi connectivity index (χ1) is 15.2. The van der Waals surface area contributed by atoms with E-state index in [1.54, 1.807) is 12.1 Å². The van der Waals surface area contributed by atoms with E-state index >= 15 is 0 Å². The number of nitrogens with zero attached hydrogens (tertiary/aromatic N) is 3. The maximum absolute atomic E-state index is 13.8. The standard InChI is InChI=1S/C25H26FN5/c1-16(24-29-25(31-30-24)28-20-5-3-2-4-6-20)17-7-9-18(10-8-17)21-13-14-27-23-12-11-19(26)15-22(21)23/h2-6,11-18H,7-10H2,1H3,(H2,28,29,30,31)/t16-,17-,18+/m1/s1. The normalized spacial score (nSPS) is 19.9. The van der Waals surface area contributed by atoms with Gasteiger partial charge in [-0.2, -0.15) is 0 Å². The van der Waals surface area contributed by atoms with Gasteiger partial charge in [-0.1, -0.05) is 25.1 Å². The minimum Gasteiger partial charge on any atom is -0.324 e. The molecule has 4 aromatic rings. The van der Waals surface area contributed by atoms with E-state index in [-0.39, 0.29) is 5.82 Å². The Morgan fingerprint density at radius 3 is 2.61 bits per heavy atom. The van der Waals surface area contributed by atoms with Gasteiger partial charge in [0.05, 0.1) is 5.52 Å². The topological polar surface area (TPSA) is 66.5 Å². The molecule has 6 heteroatoms. The first-order valence-electron chi connectivity index (χ1n) is 11.0. The monoisotopic (exact) mass is 415 g/mol. The first-order valence-corrected chi connectivity index (χ1v) is 11.0. The SMILES string of the molecule is C[C@@H](c1nnc(Nc2ccccc2)[nH]1)[C@H]1CC[C@@H](c2ccnc3ccc(F)cc32)CC1. The Kier molecular flexibility index (Phi) is 5.37. The van der Waals surface area contributed by atoms with Crippen molar-refractivity contribution in [2.75, 3.05) is 5.32 Å². The van der Waals surface area contributed by atoms with Crippen LogP contribution < -0.4 is 5.32 Å². The maximum atomic E-state index is 13.8. The molecule has 2 aromatic heterocycles. The number of rotatable bonds is 5. The molecule has 5 rings (SSSR count). The molecule has 0 saturated heterocycles. The molecule has 1 fully saturated rings. The molecular weight excluding hydrogens is 389 g/mol. The summed E-state index contributed by atoms with van der Waals surface area (Å²) in [6, 6.07) is 16.9. The molecule has 1 atom stereocenters. The van der Waals surface area contributed by atoms with E-state index in [0.717, 1.165) is 48.1 Å². The lowest BCUT2D eigenvalue weighted by Gasteiger charge is -2.32. The fourth-order valence-electron chi connectivity index (χ4n) is 4.84. The summed E-state index contributed by atoms with van der Waals surface area (Å²) in [4.78, 5) is 7.75. The third kappa shape index (κ3) is 4.15. The second-order valence-electron chi connectivity index (χ2n) is 8.51. The van der Waals surface area contributed by atoms with Crippen molar-refractivity contribution in [1.82, 2.24) is 20.2 Å². The molecule has 0 bridgehead atoms. The van der Waals surface area contributed by atoms with E-state index in [1.165, 1.54) is 11.6 Å². The Hall–Kier alpha value is -3.28. The highest BCUT2D eigenvalue weighted by Gasteiger charge is 2.29. The van der Waals surface area contributed by atoms with Crippen LogP contribution in [-0.2, 0) is 0 Å². The van der Waals surface area contributed by atoms with Crippen LogP contribution in [0.4, 0.5) is 16.0 Å². The van der Waals surface area contributed by atoms with Crippen molar-refractivity contribution in [3.63, 3.8) is 0 Å². The quantitative estimate of drug-likeness (QED) is 0.401. The smallest absolute Gasteiger partial charge is 0.226 e. The van der Waals surface area contributed by atoms with Crippen molar-refractivity contribution < 1.29 is 4.39 Å². The number of hydrogen-bond donors (Lipinski definition) is 2. The molecular formula is C25H26FN5. The number of aromatic nitrogens is 4. The van der Waals surface area contributed by atoms with Crippen LogP contribution in [0, 0.1) is 11.7 Å². The summed E-state index contributed by atoms with van der Waals surface area (Å²) in [6.07, 6.45) is 6.27. The van der Waals surface area contributed by atoms with Gasteiger partial charge in [-0.15, -0.1) is 10.2 Å². The van der Waals surface area contributed by atoms with Gasteiger partial charge in [0.1, 0.15) is 11.6 Å². The van der Waals surface area contributed by atoms with Gasteiger partial charge in [0.15, 0.2) is 0 Å². The van der Waals surface area contributed by atoms with E-state index in [1.807, 2.05) is 36.5 Å². The summed E-state index contributed by atoms with van der Waals surface area (Å²) in [5.74, 6) is 2.71. The predicted molar refractivity (Wildman–Crippen MR) is 121 cm³/mol. The molecule has 31 heavy (non-hydrogen) atoms. The molecule has 2 N–H and O–H groups in total. The Balaban J connectivity index is 1.25. The Morgan fingerprint density at radius 1 is 1.00 bits per heavy atom. The first kappa shape index (κ1) is 19.7. The molecule has 2 aromatic carbocycles. The van der Waals surface area contributed by atoms with Gasteiger partial charge in [0.25, 0.3) is 0 Å². The fraction of sp³-hybridized carbons (Fsp3) is 0.320. The van der Waals surface area contributed by atoms with Gasteiger partial charge in [0.2, 0.25) is 5.95 Å². The summed E-state index contributed by atoms with van der Waals surface area (Å²) in [7, 11) is 0. The van der Waals surface area contributed by atoms with Crippen molar-refractivity contribution in [3.05, 3.63) is 78.0 Å². The van der Waals surface area contributed by atoms with Crippen LogP contribution in [0.5, 0.6) is 0 Å². The molecule has 0 radical (unpaired) electrons. The summed E-state index contributed by atoms with van der Waals surface area (Å²) in [6.45, 7) is 2.23. The predicted octanol–water partition coefficient (Wildman–Crippen LogP) is 6.31. The van der Waals surface area contributed by atoms with Crippen molar-refractivity contribution in [2.24, 2.45) is 5.92 Å². The lowest BCUT2D eigenvalue weighted by Crippen LogP contribution is -2.19. The molecule has 0 spiro atoms. The molecule has 1 aliphatic carbocycles. The lowest BCUT2D eigenvalue weighted by atomic mass is 9.73. The third-order valence-corrected chi connectivity index (χ3v) is 6.63. The summed E-state index contributed by atoms with van der Waals surface area (Å²) in [5.41, 5.74) is 3.08. The largest absolute Gasteiger partial charge is 0.324 e. The fourth-order valence-corrected chi connectivity index (χ4v) is 4.84. The molecule has 0 amide bonds. The highest BCUT2D eigenvalue weighted by Crippen LogP contribution is 2.42. The zero-order valence-corrected chi connectivity index (χ0v) is 17.6. The number of benzene rings is 2. The number of para-hydroxylation sites is 1. The maximum Gasteiger partial charge on any atom is 0.226 e. The summed E-state index contributed by atoms with van der Waals surface area (Å²) in [5, 5.41) is 12.9. The zero-order valence-electron chi connectivity index (χ0n) is 17.6. The van der Waals surface area contributed by atoms with Crippen LogP contribution in [0.2, 0.25) is 0 Å². The summed E-state index contributed by atoms with van der Waals surface area (Å²) >= 11 is 0. The Morgan fingerprint density at radius 2 is 1.81 bits per heavy atom. The van der Waals surface area contributed by atoms with Crippen LogP contribution in [0.25, 0.3) is 10.9 Å². The van der Waals surface area contributed by atoms with Crippen molar-refractivity contribution in [1.29, 1.82) is 0 Å². The third-order valence-electron chi connectivity index (χ3n) is 6.63. The number of anilines is 2. The lowest BCUT2D eigenvalue weighted by molar-refractivity contribution is 0.286. The van der Waals surface area contributed by atoms with E-state index in [2.05, 4.69) is 38.5 Å². The van der Waals surface area contributed by atoms with Gasteiger partial charge in [-0.05, 0) is 79.5 Å². The minimum atomic E-state index is -0.200. The number of hydrogen-bond acceptors (Lipinski definition) is 4. The van der Waals surface area contributed by atoms with Crippen LogP contribution in [-0.4, -0.2) is 20.2 Å². The summed E-state index contributed by atoms with van der Waals surface area (Å²) < 4.78 is 13.8. The number of nitrogens with one attached hydrogen (secondary N) is 2. The Labute approximate surface area is 181 Å². The van der Waals surface area contributed by atoms with E-state index in [9.17, 15) is 4.39 Å². The average molecular weight is 416 g/mol. The number of fused-ring (bicyclic) bond motifs is 1. The van der Waals surface area contributed by atoms with Crippen LogP contribution >= 0.6 is 0 Å². The number of H-pyrrole nitrogens is 1. The number of halogens is 1. The average Bonchev–Trinajstić information content (AvgIpc) is 3.27. The number of aromatic amines is 1. The van der Waals surface area contributed by atoms with Crippen molar-refractivity contribution in [3.8, 4) is 0 Å². The van der Waals surface area contributed by atoms with Crippen molar-refractivity contribution in [2.45, 2.75) is 44.4 Å². The van der Waals surface area contributed by atoms with Gasteiger partial charge < -0.3 is 10.3 Å². The highest BCUT2D eigenvalue weighted by atomic mass is 19.1. The molecule has 5 nitrogen and oxygen atoms in total. The molecule has 158 valence electrons. The van der Waals surface area contributed by atoms with Gasteiger partial charge in [0, 0.05) is 23.2 Å². The second-order valence-corrected chi connectivity index (χ2v) is 8.51. The van der Waals surface area contributed by atoms with Crippen molar-refractivity contribution >= 4 is 22.5 Å². The van der Waals surface area contributed by atoms with Gasteiger partial charge in [-0.3, -0.25) is 4.98 Å². The Bertz CT molecular complexity index is 1160. The van der Waals surface area contributed by atoms with Crippen LogP contribution in [0.3, 0.4) is 0 Å². The molecule has 0 aliphatic heterocycles. The van der Waals surface area contributed by atoms with Crippen LogP contribution in [0.15, 0.2) is 60.8 Å². The van der Waals surface area contributed by atoms with Gasteiger partial charge in [-0.25, -0.2) is 4.39 Å². The minimum absolute atomic E-state index is 0.200. The number of pyridine rings is 1. The van der Waals surface area contributed by atoms with Crippen LogP contribution in [0.1, 0.15) is 55.8 Å². The van der Waals surface area contributed by atoms with E-state index < -0.39 is 0 Å². The highest BCUT2D eigenvalue weighted by molar-refractivity contribution is 5.82. The van der Waals surface area contributed by atoms with Gasteiger partial charge >= 0.3 is 0 Å². The van der Waals surface area contributed by atoms with E-state index in [0.29, 0.717) is 23.7 Å². The zero-order chi connectivity index (χ0) is 21.2. The molecule has 0 unspecified atom stereocenters. The van der Waals surface area contributed by atoms with E-state index in [4.69, 9.17) is 0 Å².